The van der Waals surface area contributed by atoms with E-state index in [2.05, 4.69) is 31.0 Å². The van der Waals surface area contributed by atoms with Crippen LogP contribution in [-0.2, 0) is 0 Å². The summed E-state index contributed by atoms with van der Waals surface area (Å²) in [6.07, 6.45) is 0. The van der Waals surface area contributed by atoms with Gasteiger partial charge in [-0.25, -0.2) is 0 Å². The lowest BCUT2D eigenvalue weighted by Crippen LogP contribution is -2.31. The Bertz CT molecular complexity index is 285. The lowest BCUT2D eigenvalue weighted by Gasteiger charge is -2.31. The molecule has 0 bridgehead atoms. The van der Waals surface area contributed by atoms with E-state index in [-0.39, 0.29) is 0 Å². The fraction of sp³-hybridized carbons (Fsp3) is 0.400. The molecule has 0 aromatic heterocycles. The first-order valence-electron chi connectivity index (χ1n) is 4.21. The van der Waals surface area contributed by atoms with Gasteiger partial charge in [-0.2, -0.15) is 0 Å². The van der Waals surface area contributed by atoms with E-state index in [1.807, 2.05) is 12.1 Å². The van der Waals surface area contributed by atoms with Crippen LogP contribution in [0, 0.1) is 0 Å². The highest BCUT2D eigenvalue weighted by Gasteiger charge is 2.20. The van der Waals surface area contributed by atoms with Gasteiger partial charge in [-0.15, -0.1) is 0 Å². The first-order valence-corrected chi connectivity index (χ1v) is 4.21. The van der Waals surface area contributed by atoms with Crippen molar-refractivity contribution in [3.8, 4) is 5.75 Å². The molecule has 0 fully saturated rings. The number of nitrogens with zero attached hydrogens (tertiary/aromatic N) is 1. The summed E-state index contributed by atoms with van der Waals surface area (Å²) in [6.45, 7) is 2.89. The molecule has 0 amide bonds. The van der Waals surface area contributed by atoms with Gasteiger partial charge in [0.1, 0.15) is 12.5 Å². The summed E-state index contributed by atoms with van der Waals surface area (Å²) in [5.74, 6) is 1.03. The van der Waals surface area contributed by atoms with Crippen molar-refractivity contribution in [2.24, 2.45) is 0 Å². The Hall–Kier alpha value is -1.02. The maximum Gasteiger partial charge on any atom is 0.142 e. The van der Waals surface area contributed by atoms with Gasteiger partial charge in [0.2, 0.25) is 0 Å². The molecule has 2 heteroatoms. The Balaban J connectivity index is 2.42. The Labute approximate surface area is 72.8 Å². The number of benzene rings is 1. The molecule has 64 valence electrons. The van der Waals surface area contributed by atoms with Gasteiger partial charge in [0.05, 0.1) is 0 Å². The third kappa shape index (κ3) is 1.08. The first kappa shape index (κ1) is 7.62. The van der Waals surface area contributed by atoms with E-state index in [9.17, 15) is 0 Å². The third-order valence-electron chi connectivity index (χ3n) is 2.45. The number of fused-ring (bicyclic) bond motifs is 1. The summed E-state index contributed by atoms with van der Waals surface area (Å²) >= 11 is 0. The van der Waals surface area contributed by atoms with Gasteiger partial charge in [0, 0.05) is 11.6 Å². The average molecular weight is 163 g/mol. The lowest BCUT2D eigenvalue weighted by molar-refractivity contribution is 0.0907. The molecule has 12 heavy (non-hydrogen) atoms. The molecule has 0 radical (unpaired) electrons. The molecular weight excluding hydrogens is 150 g/mol. The summed E-state index contributed by atoms with van der Waals surface area (Å²) in [7, 11) is 2.07. The van der Waals surface area contributed by atoms with Gasteiger partial charge >= 0.3 is 0 Å². The molecule has 0 N–H and O–H groups in total. The average Bonchev–Trinajstić information content (AvgIpc) is 2.12. The summed E-state index contributed by atoms with van der Waals surface area (Å²) in [5, 5.41) is 0. The lowest BCUT2D eigenvalue weighted by atomic mass is 10.1. The molecule has 1 aliphatic heterocycles. The summed E-state index contributed by atoms with van der Waals surface area (Å²) < 4.78 is 5.53. The highest BCUT2D eigenvalue weighted by atomic mass is 16.5. The smallest absolute Gasteiger partial charge is 0.142 e. The monoisotopic (exact) mass is 163 g/mol. The van der Waals surface area contributed by atoms with Crippen LogP contribution in [0.4, 0.5) is 0 Å². The minimum atomic E-state index is 0.468. The van der Waals surface area contributed by atoms with Crippen LogP contribution in [-0.4, -0.2) is 18.7 Å². The molecule has 1 atom stereocenters. The van der Waals surface area contributed by atoms with E-state index in [1.54, 1.807) is 0 Å². The number of hydrogen-bond donors (Lipinski definition) is 0. The molecule has 0 saturated heterocycles. The maximum absolute atomic E-state index is 5.53. The van der Waals surface area contributed by atoms with Crippen LogP contribution in [0.15, 0.2) is 24.3 Å². The second-order valence-electron chi connectivity index (χ2n) is 3.24. The minimum Gasteiger partial charge on any atom is -0.478 e. The number of rotatable bonds is 0. The van der Waals surface area contributed by atoms with E-state index in [1.165, 1.54) is 5.56 Å². The third-order valence-corrected chi connectivity index (χ3v) is 2.45. The number of hydrogen-bond acceptors (Lipinski definition) is 2. The van der Waals surface area contributed by atoms with Gasteiger partial charge in [0.25, 0.3) is 0 Å². The quantitative estimate of drug-likeness (QED) is 0.580. The zero-order valence-electron chi connectivity index (χ0n) is 7.45. The van der Waals surface area contributed by atoms with Crippen molar-refractivity contribution in [2.45, 2.75) is 13.0 Å². The molecule has 1 aromatic carbocycles. The predicted octanol–water partition coefficient (Wildman–Crippen LogP) is 2.03. The van der Waals surface area contributed by atoms with E-state index >= 15 is 0 Å². The van der Waals surface area contributed by atoms with Gasteiger partial charge in [-0.3, -0.25) is 4.90 Å². The fourth-order valence-electron chi connectivity index (χ4n) is 1.48. The molecule has 0 unspecified atom stereocenters. The van der Waals surface area contributed by atoms with Gasteiger partial charge in [-0.1, -0.05) is 18.2 Å². The van der Waals surface area contributed by atoms with Crippen molar-refractivity contribution in [1.29, 1.82) is 0 Å². The fourth-order valence-corrected chi connectivity index (χ4v) is 1.48. The minimum absolute atomic E-state index is 0.468. The highest BCUT2D eigenvalue weighted by Crippen LogP contribution is 2.31. The SMILES string of the molecule is C[C@@H]1c2ccccc2OCN1C. The van der Waals surface area contributed by atoms with Crippen LogP contribution in [0.5, 0.6) is 5.75 Å². The number of para-hydroxylation sites is 1. The van der Waals surface area contributed by atoms with E-state index in [0.717, 1.165) is 5.75 Å². The van der Waals surface area contributed by atoms with Gasteiger partial charge in [0.15, 0.2) is 0 Å². The summed E-state index contributed by atoms with van der Waals surface area (Å²) in [5.41, 5.74) is 1.28. The summed E-state index contributed by atoms with van der Waals surface area (Å²) in [6, 6.07) is 8.68. The van der Waals surface area contributed by atoms with Gasteiger partial charge in [-0.05, 0) is 20.0 Å². The normalized spacial score (nSPS) is 23.0. The molecular formula is C10H13NO. The molecule has 1 heterocycles. The Kier molecular flexibility index (Phi) is 1.77. The van der Waals surface area contributed by atoms with Crippen molar-refractivity contribution in [3.63, 3.8) is 0 Å². The molecule has 1 aliphatic rings. The molecule has 2 nitrogen and oxygen atoms in total. The highest BCUT2D eigenvalue weighted by molar-refractivity contribution is 5.36. The molecule has 2 rings (SSSR count). The Morgan fingerprint density at radius 3 is 3.00 bits per heavy atom. The van der Waals surface area contributed by atoms with Crippen molar-refractivity contribution in [2.75, 3.05) is 13.8 Å². The van der Waals surface area contributed by atoms with Crippen LogP contribution < -0.4 is 4.74 Å². The van der Waals surface area contributed by atoms with Crippen LogP contribution in [0.2, 0.25) is 0 Å². The second kappa shape index (κ2) is 2.79. The van der Waals surface area contributed by atoms with Gasteiger partial charge < -0.3 is 4.74 Å². The van der Waals surface area contributed by atoms with E-state index in [4.69, 9.17) is 4.74 Å². The van der Waals surface area contributed by atoms with Crippen LogP contribution >= 0.6 is 0 Å². The number of ether oxygens (including phenoxy) is 1. The molecule has 0 saturated carbocycles. The van der Waals surface area contributed by atoms with Crippen LogP contribution in [0.3, 0.4) is 0 Å². The van der Waals surface area contributed by atoms with E-state index < -0.39 is 0 Å². The van der Waals surface area contributed by atoms with Crippen LogP contribution in [0.1, 0.15) is 18.5 Å². The zero-order chi connectivity index (χ0) is 8.55. The van der Waals surface area contributed by atoms with Crippen molar-refractivity contribution in [1.82, 2.24) is 4.90 Å². The Morgan fingerprint density at radius 2 is 2.17 bits per heavy atom. The predicted molar refractivity (Wildman–Crippen MR) is 48.1 cm³/mol. The second-order valence-corrected chi connectivity index (χ2v) is 3.24. The van der Waals surface area contributed by atoms with Crippen molar-refractivity contribution in [3.05, 3.63) is 29.8 Å². The largest absolute Gasteiger partial charge is 0.478 e. The molecule has 0 spiro atoms. The maximum atomic E-state index is 5.53. The Morgan fingerprint density at radius 1 is 1.42 bits per heavy atom. The standard InChI is InChI=1S/C10H13NO/c1-8-9-5-3-4-6-10(9)12-7-11(8)2/h3-6,8H,7H2,1-2H3/t8-/m1/s1. The first-order chi connectivity index (χ1) is 5.79. The van der Waals surface area contributed by atoms with Crippen molar-refractivity contribution >= 4 is 0 Å². The summed E-state index contributed by atoms with van der Waals surface area (Å²) in [4.78, 5) is 2.18. The molecule has 0 aliphatic carbocycles. The topological polar surface area (TPSA) is 12.5 Å². The zero-order valence-corrected chi connectivity index (χ0v) is 7.45. The molecule has 1 aromatic rings. The van der Waals surface area contributed by atoms with E-state index in [0.29, 0.717) is 12.8 Å². The van der Waals surface area contributed by atoms with Crippen molar-refractivity contribution < 1.29 is 4.74 Å². The van der Waals surface area contributed by atoms with Crippen LogP contribution in [0.25, 0.3) is 0 Å².